The molecule has 0 aliphatic carbocycles. The second kappa shape index (κ2) is 8.46. The molecular weight excluding hydrogens is 432 g/mol. The molecule has 0 aromatic heterocycles. The van der Waals surface area contributed by atoms with E-state index >= 15 is 0 Å². The Morgan fingerprint density at radius 2 is 1.61 bits per heavy atom. The summed E-state index contributed by atoms with van der Waals surface area (Å²) >= 11 is 5.89. The summed E-state index contributed by atoms with van der Waals surface area (Å²) in [6.07, 6.45) is 0.619. The van der Waals surface area contributed by atoms with Crippen LogP contribution in [0, 0.1) is 13.8 Å². The second-order valence-electron chi connectivity index (χ2n) is 7.86. The van der Waals surface area contributed by atoms with Crippen molar-refractivity contribution in [2.75, 3.05) is 11.9 Å². The fourth-order valence-corrected chi connectivity index (χ4v) is 5.42. The lowest BCUT2D eigenvalue weighted by Crippen LogP contribution is -2.36. The molecule has 0 saturated heterocycles. The highest BCUT2D eigenvalue weighted by atomic mass is 35.5. The number of rotatable bonds is 4. The minimum Gasteiger partial charge on any atom is -0.322 e. The van der Waals surface area contributed by atoms with Crippen molar-refractivity contribution in [2.45, 2.75) is 31.7 Å². The van der Waals surface area contributed by atoms with E-state index in [9.17, 15) is 13.2 Å². The van der Waals surface area contributed by atoms with E-state index in [1.54, 1.807) is 12.1 Å². The van der Waals surface area contributed by atoms with E-state index in [-0.39, 0.29) is 17.3 Å². The van der Waals surface area contributed by atoms with Crippen LogP contribution >= 0.6 is 11.6 Å². The summed E-state index contributed by atoms with van der Waals surface area (Å²) < 4.78 is 27.5. The van der Waals surface area contributed by atoms with Crippen molar-refractivity contribution in [3.05, 3.63) is 93.5 Å². The Hall–Kier alpha value is -2.67. The largest absolute Gasteiger partial charge is 0.322 e. The predicted octanol–water partition coefficient (Wildman–Crippen LogP) is 4.96. The van der Waals surface area contributed by atoms with Crippen molar-refractivity contribution in [2.24, 2.45) is 0 Å². The number of nitrogens with zero attached hydrogens (tertiary/aromatic N) is 1. The van der Waals surface area contributed by atoms with Crippen LogP contribution in [0.4, 0.5) is 5.69 Å². The fourth-order valence-electron chi connectivity index (χ4n) is 3.88. The first kappa shape index (κ1) is 21.6. The summed E-state index contributed by atoms with van der Waals surface area (Å²) in [7, 11) is -3.62. The SMILES string of the molecule is Cc1cc(C)cc(C(=O)Nc2ccc3c(c2)CN(S(=O)(=O)c2ccc(Cl)cc2)CC3)c1. The van der Waals surface area contributed by atoms with Gasteiger partial charge in [-0.05, 0) is 79.9 Å². The summed E-state index contributed by atoms with van der Waals surface area (Å²) in [6.45, 7) is 4.58. The molecule has 0 bridgehead atoms. The average Bonchev–Trinajstić information content (AvgIpc) is 2.73. The lowest BCUT2D eigenvalue weighted by molar-refractivity contribution is 0.102. The summed E-state index contributed by atoms with van der Waals surface area (Å²) in [4.78, 5) is 12.9. The number of fused-ring (bicyclic) bond motifs is 1. The van der Waals surface area contributed by atoms with Gasteiger partial charge in [0.25, 0.3) is 5.91 Å². The summed E-state index contributed by atoms with van der Waals surface area (Å²) in [5.74, 6) is -0.187. The standard InChI is InChI=1S/C24H23ClN2O3S/c1-16-11-17(2)13-19(12-16)24(28)26-22-6-3-18-9-10-27(15-20(18)14-22)31(29,30)23-7-4-21(25)5-8-23/h3-8,11-14H,9-10,15H2,1-2H3,(H,26,28). The van der Waals surface area contributed by atoms with Crippen LogP contribution in [0.15, 0.2) is 65.6 Å². The Morgan fingerprint density at radius 3 is 2.29 bits per heavy atom. The molecule has 0 fully saturated rings. The van der Waals surface area contributed by atoms with Gasteiger partial charge in [-0.2, -0.15) is 4.31 Å². The zero-order valence-electron chi connectivity index (χ0n) is 17.4. The molecule has 1 heterocycles. The molecule has 0 spiro atoms. The maximum absolute atomic E-state index is 13.0. The molecule has 7 heteroatoms. The van der Waals surface area contributed by atoms with E-state index in [0.717, 1.165) is 22.3 Å². The van der Waals surface area contributed by atoms with Gasteiger partial charge in [-0.3, -0.25) is 4.79 Å². The van der Waals surface area contributed by atoms with Crippen molar-refractivity contribution >= 4 is 33.2 Å². The Morgan fingerprint density at radius 1 is 0.935 bits per heavy atom. The summed E-state index contributed by atoms with van der Waals surface area (Å²) in [6, 6.07) is 17.6. The maximum atomic E-state index is 13.0. The van der Waals surface area contributed by atoms with E-state index in [4.69, 9.17) is 11.6 Å². The average molecular weight is 455 g/mol. The highest BCUT2D eigenvalue weighted by molar-refractivity contribution is 7.89. The van der Waals surface area contributed by atoms with Gasteiger partial charge < -0.3 is 5.32 Å². The topological polar surface area (TPSA) is 66.5 Å². The molecule has 1 amide bonds. The highest BCUT2D eigenvalue weighted by Gasteiger charge is 2.28. The third-order valence-electron chi connectivity index (χ3n) is 5.38. The fraction of sp³-hybridized carbons (Fsp3) is 0.208. The molecule has 1 aliphatic heterocycles. The lowest BCUT2D eigenvalue weighted by atomic mass is 10.0. The molecule has 160 valence electrons. The van der Waals surface area contributed by atoms with Gasteiger partial charge in [-0.25, -0.2) is 8.42 Å². The molecule has 3 aromatic rings. The van der Waals surface area contributed by atoms with E-state index in [2.05, 4.69) is 5.32 Å². The van der Waals surface area contributed by atoms with E-state index in [1.807, 2.05) is 50.2 Å². The van der Waals surface area contributed by atoms with Crippen molar-refractivity contribution in [3.63, 3.8) is 0 Å². The number of hydrogen-bond donors (Lipinski definition) is 1. The number of sulfonamides is 1. The van der Waals surface area contributed by atoms with Crippen LogP contribution in [0.2, 0.25) is 5.02 Å². The van der Waals surface area contributed by atoms with Crippen LogP contribution < -0.4 is 5.32 Å². The van der Waals surface area contributed by atoms with Crippen molar-refractivity contribution in [3.8, 4) is 0 Å². The molecule has 0 radical (unpaired) electrons. The molecule has 4 rings (SSSR count). The number of nitrogens with one attached hydrogen (secondary N) is 1. The Kier molecular flexibility index (Phi) is 5.88. The van der Waals surface area contributed by atoms with E-state index < -0.39 is 10.0 Å². The number of carbonyl (C=O) groups excluding carboxylic acids is 1. The van der Waals surface area contributed by atoms with Gasteiger partial charge in [0.2, 0.25) is 10.0 Å². The van der Waals surface area contributed by atoms with Gasteiger partial charge >= 0.3 is 0 Å². The summed E-state index contributed by atoms with van der Waals surface area (Å²) in [5.41, 5.74) is 5.28. The molecule has 1 N–H and O–H groups in total. The van der Waals surface area contributed by atoms with Crippen molar-refractivity contribution in [1.82, 2.24) is 4.31 Å². The molecule has 5 nitrogen and oxygen atoms in total. The zero-order valence-corrected chi connectivity index (χ0v) is 18.9. The molecule has 1 aliphatic rings. The minimum atomic E-state index is -3.62. The van der Waals surface area contributed by atoms with Crippen LogP contribution in [0.1, 0.15) is 32.6 Å². The number of carbonyl (C=O) groups is 1. The minimum absolute atomic E-state index is 0.187. The molecule has 0 unspecified atom stereocenters. The lowest BCUT2D eigenvalue weighted by Gasteiger charge is -2.28. The number of aryl methyl sites for hydroxylation is 2. The first-order chi connectivity index (χ1) is 14.7. The van der Waals surface area contributed by atoms with Crippen LogP contribution in [0.25, 0.3) is 0 Å². The molecule has 3 aromatic carbocycles. The van der Waals surface area contributed by atoms with E-state index in [1.165, 1.54) is 16.4 Å². The van der Waals surface area contributed by atoms with Gasteiger partial charge in [-0.1, -0.05) is 34.9 Å². The number of amides is 1. The number of halogens is 1. The highest BCUT2D eigenvalue weighted by Crippen LogP contribution is 2.28. The van der Waals surface area contributed by atoms with Crippen LogP contribution in [0.5, 0.6) is 0 Å². The van der Waals surface area contributed by atoms with Gasteiger partial charge in [-0.15, -0.1) is 0 Å². The third kappa shape index (κ3) is 4.66. The maximum Gasteiger partial charge on any atom is 0.255 e. The van der Waals surface area contributed by atoms with Gasteiger partial charge in [0, 0.05) is 29.4 Å². The van der Waals surface area contributed by atoms with E-state index in [0.29, 0.717) is 29.2 Å². The normalized spacial score (nSPS) is 14.2. The first-order valence-corrected chi connectivity index (χ1v) is 11.8. The first-order valence-electron chi connectivity index (χ1n) is 9.99. The smallest absolute Gasteiger partial charge is 0.255 e. The Balaban J connectivity index is 1.55. The zero-order chi connectivity index (χ0) is 22.2. The summed E-state index contributed by atoms with van der Waals surface area (Å²) in [5, 5.41) is 3.43. The molecule has 0 atom stereocenters. The van der Waals surface area contributed by atoms with Crippen molar-refractivity contribution in [1.29, 1.82) is 0 Å². The molecule has 31 heavy (non-hydrogen) atoms. The second-order valence-corrected chi connectivity index (χ2v) is 10.2. The number of benzene rings is 3. The third-order valence-corrected chi connectivity index (χ3v) is 7.49. The monoisotopic (exact) mass is 454 g/mol. The van der Waals surface area contributed by atoms with Gasteiger partial charge in [0.15, 0.2) is 0 Å². The number of hydrogen-bond acceptors (Lipinski definition) is 3. The van der Waals surface area contributed by atoms with Crippen molar-refractivity contribution < 1.29 is 13.2 Å². The predicted molar refractivity (Wildman–Crippen MR) is 123 cm³/mol. The number of anilines is 1. The van der Waals surface area contributed by atoms with Gasteiger partial charge in [0.05, 0.1) is 4.90 Å². The Bertz CT molecular complexity index is 1230. The quantitative estimate of drug-likeness (QED) is 0.606. The van der Waals surface area contributed by atoms with Crippen LogP contribution in [0.3, 0.4) is 0 Å². The van der Waals surface area contributed by atoms with Gasteiger partial charge in [0.1, 0.15) is 0 Å². The van der Waals surface area contributed by atoms with Crippen LogP contribution in [-0.2, 0) is 23.0 Å². The Labute approximate surface area is 187 Å². The molecule has 0 saturated carbocycles. The van der Waals surface area contributed by atoms with Crippen LogP contribution in [-0.4, -0.2) is 25.2 Å². The molecular formula is C24H23ClN2O3S.